The predicted octanol–water partition coefficient (Wildman–Crippen LogP) is 4.29. The zero-order valence-electron chi connectivity index (χ0n) is 12.9. The molecule has 0 aliphatic carbocycles. The van der Waals surface area contributed by atoms with Gasteiger partial charge in [-0.1, -0.05) is 60.7 Å². The Labute approximate surface area is 131 Å². The highest BCUT2D eigenvalue weighted by atomic mass is 16.5. The van der Waals surface area contributed by atoms with Gasteiger partial charge in [0.2, 0.25) is 0 Å². The summed E-state index contributed by atoms with van der Waals surface area (Å²) in [6.45, 7) is 2.71. The first kappa shape index (κ1) is 16.2. The molecule has 1 atom stereocenters. The molecule has 1 unspecified atom stereocenters. The van der Waals surface area contributed by atoms with E-state index in [1.165, 1.54) is 12.5 Å². The largest absolute Gasteiger partial charge is 0.458 e. The molecule has 0 radical (unpaired) electrons. The van der Waals surface area contributed by atoms with E-state index in [0.717, 1.165) is 18.4 Å². The van der Waals surface area contributed by atoms with E-state index >= 15 is 0 Å². The third-order valence-electron chi connectivity index (χ3n) is 3.35. The monoisotopic (exact) mass is 298 g/mol. The summed E-state index contributed by atoms with van der Waals surface area (Å²) in [6.07, 6.45) is 1.41. The van der Waals surface area contributed by atoms with Crippen molar-refractivity contribution in [3.8, 4) is 0 Å². The Morgan fingerprint density at radius 1 is 1.00 bits per heavy atom. The lowest BCUT2D eigenvalue weighted by atomic mass is 10.1. The van der Waals surface area contributed by atoms with Gasteiger partial charge in [0.1, 0.15) is 6.10 Å². The van der Waals surface area contributed by atoms with E-state index in [1.54, 1.807) is 0 Å². The maximum absolute atomic E-state index is 11.2. The number of hydrogen-bond donors (Lipinski definition) is 0. The van der Waals surface area contributed by atoms with Crippen molar-refractivity contribution in [2.24, 2.45) is 0 Å². The summed E-state index contributed by atoms with van der Waals surface area (Å²) < 4.78 is 11.1. The summed E-state index contributed by atoms with van der Waals surface area (Å²) in [5.41, 5.74) is 2.20. The van der Waals surface area contributed by atoms with Crippen LogP contribution in [0.15, 0.2) is 60.7 Å². The van der Waals surface area contributed by atoms with Crippen molar-refractivity contribution in [3.05, 3.63) is 71.8 Å². The minimum Gasteiger partial charge on any atom is -0.458 e. The predicted molar refractivity (Wildman–Crippen MR) is 86.3 cm³/mol. The van der Waals surface area contributed by atoms with Gasteiger partial charge in [-0.15, -0.1) is 0 Å². The van der Waals surface area contributed by atoms with Crippen molar-refractivity contribution in [2.45, 2.75) is 32.5 Å². The molecule has 0 bridgehead atoms. The summed E-state index contributed by atoms with van der Waals surface area (Å²) >= 11 is 0. The third-order valence-corrected chi connectivity index (χ3v) is 3.35. The lowest BCUT2D eigenvalue weighted by Gasteiger charge is -2.17. The van der Waals surface area contributed by atoms with Crippen LogP contribution in [0.25, 0.3) is 0 Å². The van der Waals surface area contributed by atoms with E-state index in [0.29, 0.717) is 13.2 Å². The van der Waals surface area contributed by atoms with Gasteiger partial charge in [-0.3, -0.25) is 4.79 Å². The van der Waals surface area contributed by atoms with Crippen LogP contribution in [0.3, 0.4) is 0 Å². The first-order valence-corrected chi connectivity index (χ1v) is 7.59. The summed E-state index contributed by atoms with van der Waals surface area (Å²) in [5, 5.41) is 0. The topological polar surface area (TPSA) is 35.5 Å². The Morgan fingerprint density at radius 3 is 2.27 bits per heavy atom. The minimum atomic E-state index is -0.251. The number of benzene rings is 2. The SMILES string of the molecule is CC(=O)OC(CCCOCc1ccccc1)c1ccccc1. The van der Waals surface area contributed by atoms with Gasteiger partial charge in [-0.25, -0.2) is 0 Å². The van der Waals surface area contributed by atoms with E-state index in [-0.39, 0.29) is 12.1 Å². The maximum Gasteiger partial charge on any atom is 0.303 e. The van der Waals surface area contributed by atoms with Crippen molar-refractivity contribution >= 4 is 5.97 Å². The summed E-state index contributed by atoms with van der Waals surface area (Å²) in [7, 11) is 0. The van der Waals surface area contributed by atoms with Crippen LogP contribution in [0.4, 0.5) is 0 Å². The lowest BCUT2D eigenvalue weighted by Crippen LogP contribution is -2.09. The number of carbonyl (C=O) groups excluding carboxylic acids is 1. The van der Waals surface area contributed by atoms with Gasteiger partial charge in [0.15, 0.2) is 0 Å². The molecule has 3 heteroatoms. The zero-order valence-corrected chi connectivity index (χ0v) is 12.9. The molecule has 0 aliphatic rings. The Balaban J connectivity index is 1.75. The van der Waals surface area contributed by atoms with E-state index in [1.807, 2.05) is 60.7 Å². The number of ether oxygens (including phenoxy) is 2. The van der Waals surface area contributed by atoms with Gasteiger partial charge < -0.3 is 9.47 Å². The molecule has 0 aromatic heterocycles. The van der Waals surface area contributed by atoms with Crippen molar-refractivity contribution < 1.29 is 14.3 Å². The maximum atomic E-state index is 11.2. The molecular formula is C19H22O3. The molecule has 0 spiro atoms. The van der Waals surface area contributed by atoms with Gasteiger partial charge in [0.05, 0.1) is 6.61 Å². The van der Waals surface area contributed by atoms with Crippen molar-refractivity contribution in [2.75, 3.05) is 6.61 Å². The Morgan fingerprint density at radius 2 is 1.64 bits per heavy atom. The van der Waals surface area contributed by atoms with Crippen LogP contribution in [0.2, 0.25) is 0 Å². The molecule has 3 nitrogen and oxygen atoms in total. The molecule has 22 heavy (non-hydrogen) atoms. The Bertz CT molecular complexity index is 551. The fraction of sp³-hybridized carbons (Fsp3) is 0.316. The van der Waals surface area contributed by atoms with E-state index in [2.05, 4.69) is 0 Å². The van der Waals surface area contributed by atoms with E-state index in [4.69, 9.17) is 9.47 Å². The first-order valence-electron chi connectivity index (χ1n) is 7.59. The zero-order chi connectivity index (χ0) is 15.6. The molecule has 2 aromatic rings. The Hall–Kier alpha value is -2.13. The highest BCUT2D eigenvalue weighted by Crippen LogP contribution is 2.22. The molecule has 0 heterocycles. The van der Waals surface area contributed by atoms with Crippen LogP contribution in [-0.4, -0.2) is 12.6 Å². The fourth-order valence-electron chi connectivity index (χ4n) is 2.30. The van der Waals surface area contributed by atoms with Crippen LogP contribution < -0.4 is 0 Å². The molecule has 2 aromatic carbocycles. The number of esters is 1. The van der Waals surface area contributed by atoms with Crippen LogP contribution in [-0.2, 0) is 20.9 Å². The van der Waals surface area contributed by atoms with E-state index in [9.17, 15) is 4.79 Å². The number of carbonyl (C=O) groups is 1. The molecule has 0 aliphatic heterocycles. The highest BCUT2D eigenvalue weighted by Gasteiger charge is 2.13. The standard InChI is InChI=1S/C19H22O3/c1-16(20)22-19(18-11-6-3-7-12-18)13-8-14-21-15-17-9-4-2-5-10-17/h2-7,9-12,19H,8,13-15H2,1H3. The second kappa shape index (κ2) is 9.00. The van der Waals surface area contributed by atoms with Crippen molar-refractivity contribution in [1.82, 2.24) is 0 Å². The fourth-order valence-corrected chi connectivity index (χ4v) is 2.30. The van der Waals surface area contributed by atoms with Crippen LogP contribution in [0.1, 0.15) is 37.0 Å². The van der Waals surface area contributed by atoms with Gasteiger partial charge in [-0.05, 0) is 24.0 Å². The van der Waals surface area contributed by atoms with Crippen molar-refractivity contribution in [3.63, 3.8) is 0 Å². The molecule has 0 saturated heterocycles. The second-order valence-corrected chi connectivity index (χ2v) is 5.19. The minimum absolute atomic E-state index is 0.195. The highest BCUT2D eigenvalue weighted by molar-refractivity contribution is 5.66. The summed E-state index contributed by atoms with van der Waals surface area (Å²) in [6, 6.07) is 19.9. The normalized spacial score (nSPS) is 11.9. The molecule has 0 fully saturated rings. The Kier molecular flexibility index (Phi) is 6.65. The summed E-state index contributed by atoms with van der Waals surface area (Å²) in [4.78, 5) is 11.2. The van der Waals surface area contributed by atoms with Gasteiger partial charge >= 0.3 is 5.97 Å². The van der Waals surface area contributed by atoms with Gasteiger partial charge in [0.25, 0.3) is 0 Å². The molecule has 0 amide bonds. The number of rotatable bonds is 8. The molecule has 116 valence electrons. The average Bonchev–Trinajstić information content (AvgIpc) is 2.55. The van der Waals surface area contributed by atoms with E-state index < -0.39 is 0 Å². The van der Waals surface area contributed by atoms with Crippen LogP contribution in [0, 0.1) is 0 Å². The second-order valence-electron chi connectivity index (χ2n) is 5.19. The number of hydrogen-bond acceptors (Lipinski definition) is 3. The first-order chi connectivity index (χ1) is 10.8. The summed E-state index contributed by atoms with van der Waals surface area (Å²) in [5.74, 6) is -0.251. The molecular weight excluding hydrogens is 276 g/mol. The average molecular weight is 298 g/mol. The van der Waals surface area contributed by atoms with Crippen LogP contribution in [0.5, 0.6) is 0 Å². The molecule has 0 N–H and O–H groups in total. The van der Waals surface area contributed by atoms with Gasteiger partial charge in [-0.2, -0.15) is 0 Å². The smallest absolute Gasteiger partial charge is 0.303 e. The van der Waals surface area contributed by atoms with Crippen molar-refractivity contribution in [1.29, 1.82) is 0 Å². The lowest BCUT2D eigenvalue weighted by molar-refractivity contribution is -0.147. The third kappa shape index (κ3) is 5.70. The molecule has 0 saturated carbocycles. The quantitative estimate of drug-likeness (QED) is 0.539. The van der Waals surface area contributed by atoms with Crippen LogP contribution >= 0.6 is 0 Å². The van der Waals surface area contributed by atoms with Gasteiger partial charge in [0, 0.05) is 13.5 Å². The molecule has 2 rings (SSSR count).